The summed E-state index contributed by atoms with van der Waals surface area (Å²) in [4.78, 5) is 40.5. The van der Waals surface area contributed by atoms with Gasteiger partial charge in [0.1, 0.15) is 0 Å². The van der Waals surface area contributed by atoms with Crippen LogP contribution in [-0.2, 0) is 9.53 Å². The van der Waals surface area contributed by atoms with Crippen molar-refractivity contribution in [2.24, 2.45) is 11.8 Å². The Balaban J connectivity index is 1.68. The average molecular weight is 464 g/mol. The Morgan fingerprint density at radius 1 is 1.35 bits per heavy atom. The highest BCUT2D eigenvalue weighted by molar-refractivity contribution is 8.01. The van der Waals surface area contributed by atoms with Gasteiger partial charge in [0.2, 0.25) is 0 Å². The van der Waals surface area contributed by atoms with Crippen LogP contribution < -0.4 is 5.32 Å². The predicted octanol–water partition coefficient (Wildman–Crippen LogP) is 4.61. The van der Waals surface area contributed by atoms with E-state index in [1.165, 1.54) is 41.3 Å². The van der Waals surface area contributed by atoms with Gasteiger partial charge < -0.3 is 10.1 Å². The van der Waals surface area contributed by atoms with Crippen molar-refractivity contribution in [3.8, 4) is 0 Å². The number of ether oxygens (including phenoxy) is 1. The van der Waals surface area contributed by atoms with E-state index in [0.717, 1.165) is 25.0 Å². The van der Waals surface area contributed by atoms with Gasteiger partial charge in [0.05, 0.1) is 10.5 Å². The predicted molar refractivity (Wildman–Crippen MR) is 118 cm³/mol. The number of nitrogens with one attached hydrogen (secondary N) is 1. The van der Waals surface area contributed by atoms with E-state index in [2.05, 4.69) is 24.1 Å². The standard InChI is InChI=1S/C21H25N3O5S2/c1-12-5-4-6-17(14(12)3)23-19(25)10-29-20(26)16-9-15(24(27)28)7-8-18(16)31-21-22-13(2)11-30-21/h7-9,11-12,14,17H,4-6,10H2,1-3H3,(H,23,25)/t12-,14+,17+/m1/s1. The van der Waals surface area contributed by atoms with E-state index < -0.39 is 17.5 Å². The molecular weight excluding hydrogens is 438 g/mol. The summed E-state index contributed by atoms with van der Waals surface area (Å²) in [5.41, 5.74) is 0.669. The lowest BCUT2D eigenvalue weighted by Crippen LogP contribution is -2.45. The number of esters is 1. The van der Waals surface area contributed by atoms with Gasteiger partial charge in [0.25, 0.3) is 11.6 Å². The lowest BCUT2D eigenvalue weighted by molar-refractivity contribution is -0.384. The SMILES string of the molecule is Cc1csc(Sc2ccc([N+](=O)[O-])cc2C(=O)OCC(=O)N[C@H]2CCC[C@@H](C)[C@@H]2C)n1. The number of carbonyl (C=O) groups is 2. The molecule has 2 aromatic rings. The molecule has 1 aromatic carbocycles. The summed E-state index contributed by atoms with van der Waals surface area (Å²) in [7, 11) is 0. The molecule has 1 aliphatic rings. The molecule has 31 heavy (non-hydrogen) atoms. The van der Waals surface area contributed by atoms with Crippen LogP contribution in [0.25, 0.3) is 0 Å². The molecule has 0 bridgehead atoms. The van der Waals surface area contributed by atoms with Crippen molar-refractivity contribution < 1.29 is 19.2 Å². The molecule has 1 saturated carbocycles. The first-order valence-electron chi connectivity index (χ1n) is 10.1. The Labute approximate surface area is 188 Å². The highest BCUT2D eigenvalue weighted by Gasteiger charge is 2.28. The molecule has 0 aliphatic heterocycles. The van der Waals surface area contributed by atoms with Crippen molar-refractivity contribution in [2.75, 3.05) is 6.61 Å². The van der Waals surface area contributed by atoms with Crippen molar-refractivity contribution >= 4 is 40.7 Å². The van der Waals surface area contributed by atoms with Gasteiger partial charge in [-0.25, -0.2) is 9.78 Å². The van der Waals surface area contributed by atoms with E-state index in [1.54, 1.807) is 0 Å². The molecule has 1 heterocycles. The minimum absolute atomic E-state index is 0.0412. The highest BCUT2D eigenvalue weighted by Crippen LogP contribution is 2.35. The van der Waals surface area contributed by atoms with E-state index in [1.807, 2.05) is 12.3 Å². The first kappa shape index (κ1) is 23.2. The first-order valence-corrected chi connectivity index (χ1v) is 11.8. The number of carbonyl (C=O) groups excluding carboxylic acids is 2. The summed E-state index contributed by atoms with van der Waals surface area (Å²) >= 11 is 2.65. The van der Waals surface area contributed by atoms with Crippen molar-refractivity contribution in [1.29, 1.82) is 0 Å². The van der Waals surface area contributed by atoms with Gasteiger partial charge in [-0.2, -0.15) is 0 Å². The molecule has 1 aromatic heterocycles. The number of nitrogens with zero attached hydrogens (tertiary/aromatic N) is 2. The lowest BCUT2D eigenvalue weighted by Gasteiger charge is -2.34. The summed E-state index contributed by atoms with van der Waals surface area (Å²) in [6, 6.07) is 4.07. The molecule has 1 fully saturated rings. The van der Waals surface area contributed by atoms with E-state index in [-0.39, 0.29) is 23.2 Å². The van der Waals surface area contributed by atoms with Crippen LogP contribution in [0.5, 0.6) is 0 Å². The summed E-state index contributed by atoms with van der Waals surface area (Å²) in [6.07, 6.45) is 3.11. The van der Waals surface area contributed by atoms with Gasteiger partial charge in [-0.3, -0.25) is 14.9 Å². The molecule has 0 saturated heterocycles. The molecule has 0 unspecified atom stereocenters. The molecule has 1 amide bonds. The zero-order valence-corrected chi connectivity index (χ0v) is 19.3. The molecule has 3 atom stereocenters. The maximum atomic E-state index is 12.7. The van der Waals surface area contributed by atoms with Crippen LogP contribution in [-0.4, -0.2) is 34.4 Å². The number of amides is 1. The lowest BCUT2D eigenvalue weighted by atomic mass is 9.78. The second-order valence-corrected chi connectivity index (χ2v) is 9.96. The van der Waals surface area contributed by atoms with Crippen LogP contribution in [0, 0.1) is 28.9 Å². The second-order valence-electron chi connectivity index (χ2n) is 7.81. The van der Waals surface area contributed by atoms with Crippen molar-refractivity contribution in [3.63, 3.8) is 0 Å². The third-order valence-electron chi connectivity index (χ3n) is 5.58. The largest absolute Gasteiger partial charge is 0.452 e. The smallest absolute Gasteiger partial charge is 0.340 e. The number of hydrogen-bond acceptors (Lipinski definition) is 8. The minimum atomic E-state index is -0.778. The molecular formula is C21H25N3O5S2. The van der Waals surface area contributed by atoms with Crippen LogP contribution >= 0.6 is 23.1 Å². The first-order chi connectivity index (χ1) is 14.7. The van der Waals surface area contributed by atoms with Crippen LogP contribution in [0.3, 0.4) is 0 Å². The number of rotatable bonds is 7. The van der Waals surface area contributed by atoms with Crippen LogP contribution in [0.2, 0.25) is 0 Å². The fourth-order valence-electron chi connectivity index (χ4n) is 3.60. The number of aryl methyl sites for hydroxylation is 1. The second kappa shape index (κ2) is 10.2. The van der Waals surface area contributed by atoms with Crippen molar-refractivity contribution in [2.45, 2.75) is 55.3 Å². The normalized spacial score (nSPS) is 20.8. The zero-order chi connectivity index (χ0) is 22.5. The quantitative estimate of drug-likeness (QED) is 0.362. The Hall–Kier alpha value is -2.46. The third-order valence-corrected chi connectivity index (χ3v) is 7.71. The number of nitro groups is 1. The Morgan fingerprint density at radius 3 is 2.81 bits per heavy atom. The van der Waals surface area contributed by atoms with Gasteiger partial charge in [0, 0.05) is 34.1 Å². The van der Waals surface area contributed by atoms with Crippen molar-refractivity contribution in [3.05, 3.63) is 45.0 Å². The van der Waals surface area contributed by atoms with Gasteiger partial charge in [0.15, 0.2) is 10.9 Å². The minimum Gasteiger partial charge on any atom is -0.452 e. The van der Waals surface area contributed by atoms with E-state index in [4.69, 9.17) is 4.74 Å². The van der Waals surface area contributed by atoms with Gasteiger partial charge >= 0.3 is 5.97 Å². The summed E-state index contributed by atoms with van der Waals surface area (Å²) in [6.45, 7) is 5.72. The van der Waals surface area contributed by atoms with Crippen LogP contribution in [0.15, 0.2) is 32.8 Å². The number of thiazole rings is 1. The molecule has 1 aliphatic carbocycles. The number of aromatic nitrogens is 1. The van der Waals surface area contributed by atoms with Crippen molar-refractivity contribution in [1.82, 2.24) is 10.3 Å². The Morgan fingerprint density at radius 2 is 2.13 bits per heavy atom. The third kappa shape index (κ3) is 6.04. The molecule has 166 valence electrons. The number of hydrogen-bond donors (Lipinski definition) is 1. The van der Waals surface area contributed by atoms with E-state index in [0.29, 0.717) is 21.1 Å². The molecule has 0 radical (unpaired) electrons. The Bertz CT molecular complexity index is 978. The number of non-ortho nitro benzene ring substituents is 1. The number of nitro benzene ring substituents is 1. The molecule has 0 spiro atoms. The summed E-state index contributed by atoms with van der Waals surface area (Å²) in [5, 5.41) is 16.0. The summed E-state index contributed by atoms with van der Waals surface area (Å²) in [5.74, 6) is -0.260. The number of benzene rings is 1. The zero-order valence-electron chi connectivity index (χ0n) is 17.6. The maximum Gasteiger partial charge on any atom is 0.340 e. The molecule has 10 heteroatoms. The van der Waals surface area contributed by atoms with E-state index >= 15 is 0 Å². The fourth-order valence-corrected chi connectivity index (χ4v) is 5.49. The van der Waals surface area contributed by atoms with Gasteiger partial charge in [-0.15, -0.1) is 11.3 Å². The topological polar surface area (TPSA) is 111 Å². The monoisotopic (exact) mass is 463 g/mol. The van der Waals surface area contributed by atoms with Gasteiger partial charge in [-0.05, 0) is 31.2 Å². The Kier molecular flexibility index (Phi) is 7.66. The van der Waals surface area contributed by atoms with E-state index in [9.17, 15) is 19.7 Å². The van der Waals surface area contributed by atoms with Gasteiger partial charge in [-0.1, -0.05) is 38.5 Å². The van der Waals surface area contributed by atoms with Crippen LogP contribution in [0.4, 0.5) is 5.69 Å². The molecule has 1 N–H and O–H groups in total. The fraction of sp³-hybridized carbons (Fsp3) is 0.476. The highest BCUT2D eigenvalue weighted by atomic mass is 32.2. The average Bonchev–Trinajstić information content (AvgIpc) is 3.14. The molecule has 8 nitrogen and oxygen atoms in total. The summed E-state index contributed by atoms with van der Waals surface area (Å²) < 4.78 is 5.91. The molecule has 3 rings (SSSR count). The van der Waals surface area contributed by atoms with Crippen LogP contribution in [0.1, 0.15) is 49.2 Å². The maximum absolute atomic E-state index is 12.7.